The Morgan fingerprint density at radius 1 is 1.19 bits per heavy atom. The summed E-state index contributed by atoms with van der Waals surface area (Å²) in [6.45, 7) is 4.61. The van der Waals surface area contributed by atoms with Crippen LogP contribution in [0.2, 0.25) is 0 Å². The van der Waals surface area contributed by atoms with Crippen LogP contribution in [0.5, 0.6) is 0 Å². The van der Waals surface area contributed by atoms with E-state index in [9.17, 15) is 14.7 Å². The molecule has 2 aromatic heterocycles. The molecule has 3 aromatic rings. The van der Waals surface area contributed by atoms with E-state index >= 15 is 0 Å². The zero-order valence-corrected chi connectivity index (χ0v) is 19.3. The van der Waals surface area contributed by atoms with Crippen LogP contribution in [0.4, 0.5) is 0 Å². The summed E-state index contributed by atoms with van der Waals surface area (Å²) in [5.74, 6) is -0.339. The summed E-state index contributed by atoms with van der Waals surface area (Å²) in [5, 5.41) is 11.5. The molecule has 0 bridgehead atoms. The van der Waals surface area contributed by atoms with Crippen molar-refractivity contribution >= 4 is 23.0 Å². The summed E-state index contributed by atoms with van der Waals surface area (Å²) >= 11 is 1.26. The Morgan fingerprint density at radius 2 is 1.91 bits per heavy atom. The van der Waals surface area contributed by atoms with E-state index in [0.29, 0.717) is 40.2 Å². The fourth-order valence-electron chi connectivity index (χ4n) is 3.79. The Bertz CT molecular complexity index is 1190. The van der Waals surface area contributed by atoms with Gasteiger partial charge in [-0.15, -0.1) is 11.3 Å². The normalized spacial score (nSPS) is 16.5. The first-order chi connectivity index (χ1) is 15.3. The number of hydrogen-bond acceptors (Lipinski definition) is 6. The van der Waals surface area contributed by atoms with Crippen LogP contribution in [-0.2, 0) is 4.79 Å². The highest BCUT2D eigenvalue weighted by Crippen LogP contribution is 2.41. The molecule has 3 heterocycles. The van der Waals surface area contributed by atoms with Crippen molar-refractivity contribution in [3.05, 3.63) is 75.9 Å². The van der Waals surface area contributed by atoms with E-state index < -0.39 is 23.5 Å². The zero-order valence-electron chi connectivity index (χ0n) is 18.5. The number of aliphatic hydroxyl groups excluding tert-OH is 1. The van der Waals surface area contributed by atoms with Crippen LogP contribution in [-0.4, -0.2) is 53.9 Å². The number of furan rings is 1. The second-order valence-electron chi connectivity index (χ2n) is 8.20. The molecule has 0 spiro atoms. The molecule has 1 aliphatic heterocycles. The predicted octanol–water partition coefficient (Wildman–Crippen LogP) is 2.74. The molecule has 0 unspecified atom stereocenters. The van der Waals surface area contributed by atoms with Gasteiger partial charge < -0.3 is 19.3 Å². The molecule has 0 aliphatic carbocycles. The van der Waals surface area contributed by atoms with Crippen molar-refractivity contribution in [3.63, 3.8) is 0 Å². The lowest BCUT2D eigenvalue weighted by molar-refractivity contribution is -0.857. The molecular formula is C24H26N3O4S+. The lowest BCUT2D eigenvalue weighted by Crippen LogP contribution is -3.06. The first-order valence-corrected chi connectivity index (χ1v) is 11.3. The smallest absolute Gasteiger partial charge is 0.290 e. The van der Waals surface area contributed by atoms with Crippen LogP contribution in [0.1, 0.15) is 32.9 Å². The molecule has 4 rings (SSSR count). The molecule has 166 valence electrons. The van der Waals surface area contributed by atoms with Gasteiger partial charge in [0.1, 0.15) is 22.6 Å². The number of nitrogens with one attached hydrogen (secondary N) is 1. The Balaban J connectivity index is 1.75. The van der Waals surface area contributed by atoms with Crippen molar-refractivity contribution in [2.75, 3.05) is 27.2 Å². The van der Waals surface area contributed by atoms with Gasteiger partial charge in [0.2, 0.25) is 5.78 Å². The van der Waals surface area contributed by atoms with Crippen LogP contribution in [0, 0.1) is 13.8 Å². The van der Waals surface area contributed by atoms with Crippen molar-refractivity contribution in [2.24, 2.45) is 0 Å². The number of ketones is 1. The molecule has 32 heavy (non-hydrogen) atoms. The van der Waals surface area contributed by atoms with Gasteiger partial charge in [0, 0.05) is 5.56 Å². The molecule has 0 saturated carbocycles. The minimum absolute atomic E-state index is 0.0458. The van der Waals surface area contributed by atoms with Gasteiger partial charge in [-0.05, 0) is 26.0 Å². The number of aryl methyl sites for hydroxylation is 2. The summed E-state index contributed by atoms with van der Waals surface area (Å²) in [5.41, 5.74) is 1.52. The van der Waals surface area contributed by atoms with E-state index in [-0.39, 0.29) is 5.57 Å². The molecule has 1 atom stereocenters. The maximum absolute atomic E-state index is 13.7. The second kappa shape index (κ2) is 8.72. The number of Topliss-reactive ketones (excluding diaryl/α,β-unsaturated/α-hetero) is 1. The van der Waals surface area contributed by atoms with Gasteiger partial charge in [0.15, 0.2) is 5.76 Å². The van der Waals surface area contributed by atoms with Crippen molar-refractivity contribution < 1.29 is 24.0 Å². The number of amides is 1. The fraction of sp³-hybridized carbons (Fsp3) is 0.292. The number of rotatable bonds is 7. The number of thiazole rings is 1. The molecule has 0 radical (unpaired) electrons. The Labute approximate surface area is 190 Å². The third-order valence-electron chi connectivity index (χ3n) is 5.46. The quantitative estimate of drug-likeness (QED) is 0.538. The molecular weight excluding hydrogens is 426 g/mol. The number of carbonyl (C=O) groups is 2. The summed E-state index contributed by atoms with van der Waals surface area (Å²) in [7, 11) is 3.97. The third-order valence-corrected chi connectivity index (χ3v) is 6.66. The summed E-state index contributed by atoms with van der Waals surface area (Å²) in [4.78, 5) is 34.3. The second-order valence-corrected chi connectivity index (χ2v) is 9.20. The zero-order chi connectivity index (χ0) is 23.0. The van der Waals surface area contributed by atoms with Crippen LogP contribution in [0.25, 0.3) is 10.6 Å². The van der Waals surface area contributed by atoms with Crippen molar-refractivity contribution in [3.8, 4) is 10.6 Å². The molecule has 0 saturated heterocycles. The largest absolute Gasteiger partial charge is 0.503 e. The monoisotopic (exact) mass is 452 g/mol. The summed E-state index contributed by atoms with van der Waals surface area (Å²) in [6, 6.07) is 12.4. The first kappa shape index (κ1) is 22.0. The number of likely N-dealkylation sites (N-methyl/N-ethyl adjacent to an activating group) is 1. The standard InChI is InChI=1S/C24H25N3O4S/c1-14-10-11-17(31-14)19-18(21(29)24(30)27(19)13-12-26(3)4)20(28)22-15(2)25-23(32-22)16-8-6-5-7-9-16/h5-11,19,29H,12-13H2,1-4H3/p+1/t19-/m0/s1. The van der Waals surface area contributed by atoms with Gasteiger partial charge in [0.05, 0.1) is 43.3 Å². The first-order valence-electron chi connectivity index (χ1n) is 10.4. The highest BCUT2D eigenvalue weighted by atomic mass is 32.1. The van der Waals surface area contributed by atoms with Gasteiger partial charge in [-0.3, -0.25) is 9.59 Å². The van der Waals surface area contributed by atoms with E-state index in [2.05, 4.69) is 4.98 Å². The molecule has 1 amide bonds. The van der Waals surface area contributed by atoms with E-state index in [0.717, 1.165) is 10.5 Å². The molecule has 1 aromatic carbocycles. The fourth-order valence-corrected chi connectivity index (χ4v) is 4.82. The van der Waals surface area contributed by atoms with E-state index in [1.54, 1.807) is 26.0 Å². The number of aliphatic hydroxyl groups is 1. The topological polar surface area (TPSA) is 88.1 Å². The maximum atomic E-state index is 13.7. The number of hydrogen-bond donors (Lipinski definition) is 2. The van der Waals surface area contributed by atoms with Gasteiger partial charge in [-0.2, -0.15) is 0 Å². The third kappa shape index (κ3) is 3.99. The molecule has 2 N–H and O–H groups in total. The van der Waals surface area contributed by atoms with E-state index in [4.69, 9.17) is 4.42 Å². The Hall–Kier alpha value is -3.23. The SMILES string of the molecule is Cc1ccc([C@H]2C(C(=O)c3sc(-c4ccccc4)nc3C)=C(O)C(=O)N2CC[NH+](C)C)o1. The number of nitrogens with zero attached hydrogens (tertiary/aromatic N) is 2. The highest BCUT2D eigenvalue weighted by Gasteiger charge is 2.46. The average molecular weight is 453 g/mol. The number of quaternary nitrogens is 1. The maximum Gasteiger partial charge on any atom is 0.290 e. The minimum atomic E-state index is -0.773. The van der Waals surface area contributed by atoms with Crippen molar-refractivity contribution in [1.29, 1.82) is 0 Å². The predicted molar refractivity (Wildman–Crippen MR) is 122 cm³/mol. The Morgan fingerprint density at radius 3 is 2.53 bits per heavy atom. The lowest BCUT2D eigenvalue weighted by Gasteiger charge is -2.25. The average Bonchev–Trinajstić information content (AvgIpc) is 3.44. The van der Waals surface area contributed by atoms with Gasteiger partial charge >= 0.3 is 0 Å². The number of carbonyl (C=O) groups excluding carboxylic acids is 2. The van der Waals surface area contributed by atoms with Crippen LogP contribution in [0.15, 0.2) is 58.2 Å². The molecule has 8 heteroatoms. The summed E-state index contributed by atoms with van der Waals surface area (Å²) < 4.78 is 5.81. The van der Waals surface area contributed by atoms with E-state index in [1.807, 2.05) is 44.4 Å². The van der Waals surface area contributed by atoms with Crippen LogP contribution in [0.3, 0.4) is 0 Å². The van der Waals surface area contributed by atoms with Gasteiger partial charge in [-0.1, -0.05) is 30.3 Å². The summed E-state index contributed by atoms with van der Waals surface area (Å²) in [6.07, 6.45) is 0. The van der Waals surface area contributed by atoms with Crippen molar-refractivity contribution in [2.45, 2.75) is 19.9 Å². The lowest BCUT2D eigenvalue weighted by atomic mass is 9.99. The van der Waals surface area contributed by atoms with Crippen LogP contribution < -0.4 is 4.90 Å². The number of benzene rings is 1. The van der Waals surface area contributed by atoms with Gasteiger partial charge in [-0.25, -0.2) is 4.98 Å². The minimum Gasteiger partial charge on any atom is -0.503 e. The number of aromatic nitrogens is 1. The molecule has 0 fully saturated rings. The molecule has 1 aliphatic rings. The Kier molecular flexibility index (Phi) is 5.99. The highest BCUT2D eigenvalue weighted by molar-refractivity contribution is 7.17. The van der Waals surface area contributed by atoms with Crippen LogP contribution >= 0.6 is 11.3 Å². The molecule has 7 nitrogen and oxygen atoms in total. The van der Waals surface area contributed by atoms with E-state index in [1.165, 1.54) is 16.2 Å². The van der Waals surface area contributed by atoms with Crippen molar-refractivity contribution in [1.82, 2.24) is 9.88 Å². The van der Waals surface area contributed by atoms with Gasteiger partial charge in [0.25, 0.3) is 5.91 Å².